The highest BCUT2D eigenvalue weighted by molar-refractivity contribution is 5.17. The summed E-state index contributed by atoms with van der Waals surface area (Å²) < 4.78 is 1.10. The van der Waals surface area contributed by atoms with Crippen molar-refractivity contribution in [3.63, 3.8) is 0 Å². The molecule has 0 aliphatic rings. The van der Waals surface area contributed by atoms with Crippen LogP contribution in [0.2, 0.25) is 0 Å². The van der Waals surface area contributed by atoms with Crippen LogP contribution in [0.25, 0.3) is 0 Å². The third kappa shape index (κ3) is 12.1. The molecule has 0 heterocycles. The van der Waals surface area contributed by atoms with E-state index in [9.17, 15) is 0 Å². The van der Waals surface area contributed by atoms with E-state index in [1.54, 1.807) is 0 Å². The maximum Gasteiger partial charge on any atom is 0.114 e. The molecular weight excluding hydrogens is 362 g/mol. The highest BCUT2D eigenvalue weighted by Gasteiger charge is 2.27. The van der Waals surface area contributed by atoms with Gasteiger partial charge in [-0.3, -0.25) is 0 Å². The molecule has 1 aromatic rings. The Labute approximate surface area is 183 Å². The van der Waals surface area contributed by atoms with E-state index in [2.05, 4.69) is 58.3 Å². The fourth-order valence-electron chi connectivity index (χ4n) is 4.17. The third-order valence-electron chi connectivity index (χ3n) is 6.42. The van der Waals surface area contributed by atoms with Crippen LogP contribution in [-0.2, 0) is 0 Å². The lowest BCUT2D eigenvalue weighted by Gasteiger charge is -2.37. The first-order valence-corrected chi connectivity index (χ1v) is 12.0. The number of halogens is 1. The zero-order valence-electron chi connectivity index (χ0n) is 19.4. The molecule has 0 bridgehead atoms. The van der Waals surface area contributed by atoms with Crippen molar-refractivity contribution in [3.05, 3.63) is 35.9 Å². The minimum absolute atomic E-state index is 0. The molecular formula is C26H48ClN. The Bertz CT molecular complexity index is 443. The van der Waals surface area contributed by atoms with Gasteiger partial charge in [0, 0.05) is 12.0 Å². The lowest BCUT2D eigenvalue weighted by molar-refractivity contribution is -0.920. The maximum absolute atomic E-state index is 2.39. The van der Waals surface area contributed by atoms with Crippen LogP contribution in [0.15, 0.2) is 30.3 Å². The molecule has 0 amide bonds. The van der Waals surface area contributed by atoms with Crippen molar-refractivity contribution in [3.8, 4) is 0 Å². The van der Waals surface area contributed by atoms with E-state index in [1.807, 2.05) is 0 Å². The van der Waals surface area contributed by atoms with E-state index in [0.29, 0.717) is 6.04 Å². The molecule has 0 fully saturated rings. The molecule has 0 saturated heterocycles. The monoisotopic (exact) mass is 409 g/mol. The molecule has 0 spiro atoms. The van der Waals surface area contributed by atoms with Crippen LogP contribution in [0.4, 0.5) is 0 Å². The summed E-state index contributed by atoms with van der Waals surface area (Å²) in [6.07, 6.45) is 20.0. The lowest BCUT2D eigenvalue weighted by atomic mass is 9.96. The predicted octanol–water partition coefficient (Wildman–Crippen LogP) is 5.31. The van der Waals surface area contributed by atoms with Crippen LogP contribution in [0.3, 0.4) is 0 Å². The second-order valence-electron chi connectivity index (χ2n) is 9.05. The molecule has 0 aliphatic heterocycles. The predicted molar refractivity (Wildman–Crippen MR) is 122 cm³/mol. The van der Waals surface area contributed by atoms with E-state index in [1.165, 1.54) is 102 Å². The Morgan fingerprint density at radius 1 is 0.643 bits per heavy atom. The number of unbranched alkanes of at least 4 members (excludes halogenated alkanes) is 12. The molecule has 164 valence electrons. The summed E-state index contributed by atoms with van der Waals surface area (Å²) in [5.41, 5.74) is 1.52. The zero-order chi connectivity index (χ0) is 19.8. The van der Waals surface area contributed by atoms with Crippen molar-refractivity contribution in [1.29, 1.82) is 0 Å². The Hall–Kier alpha value is -0.530. The first-order chi connectivity index (χ1) is 13.1. The Morgan fingerprint density at radius 3 is 1.50 bits per heavy atom. The summed E-state index contributed by atoms with van der Waals surface area (Å²) in [6, 6.07) is 11.8. The van der Waals surface area contributed by atoms with Gasteiger partial charge in [-0.2, -0.15) is 0 Å². The number of rotatable bonds is 17. The molecule has 1 nitrogen and oxygen atoms in total. The largest absolute Gasteiger partial charge is 1.00 e. The molecule has 28 heavy (non-hydrogen) atoms. The first kappa shape index (κ1) is 27.5. The molecule has 1 unspecified atom stereocenters. The van der Waals surface area contributed by atoms with Gasteiger partial charge in [0.25, 0.3) is 0 Å². The number of benzene rings is 1. The van der Waals surface area contributed by atoms with E-state index in [-0.39, 0.29) is 12.4 Å². The van der Waals surface area contributed by atoms with Gasteiger partial charge in [0.05, 0.1) is 20.6 Å². The molecule has 1 rings (SSSR count). The minimum Gasteiger partial charge on any atom is -1.00 e. The van der Waals surface area contributed by atoms with Crippen LogP contribution >= 0.6 is 0 Å². The van der Waals surface area contributed by atoms with E-state index >= 15 is 0 Å². The van der Waals surface area contributed by atoms with Crippen molar-refractivity contribution in [2.45, 2.75) is 110 Å². The van der Waals surface area contributed by atoms with E-state index in [0.717, 1.165) is 4.48 Å². The van der Waals surface area contributed by atoms with Crippen LogP contribution in [0.5, 0.6) is 0 Å². The standard InChI is InChI=1S/C26H48N.ClH/c1-5-7-8-9-10-11-12-13-14-15-16-17-21-24-26(27(3,4)6-2)25-22-19-18-20-23-25;/h18-20,22-23,26H,5-17,21,24H2,1-4H3;1H/q+1;/p-1. The van der Waals surface area contributed by atoms with Crippen LogP contribution in [0, 0.1) is 0 Å². The van der Waals surface area contributed by atoms with Gasteiger partial charge >= 0.3 is 0 Å². The van der Waals surface area contributed by atoms with Crippen molar-refractivity contribution in [2.75, 3.05) is 20.6 Å². The highest BCUT2D eigenvalue weighted by Crippen LogP contribution is 2.30. The third-order valence-corrected chi connectivity index (χ3v) is 6.42. The second kappa shape index (κ2) is 17.3. The number of hydrogen-bond donors (Lipinski definition) is 0. The summed E-state index contributed by atoms with van der Waals surface area (Å²) in [6.45, 7) is 5.81. The molecule has 1 aromatic carbocycles. The van der Waals surface area contributed by atoms with E-state index in [4.69, 9.17) is 0 Å². The van der Waals surface area contributed by atoms with Gasteiger partial charge in [-0.25, -0.2) is 0 Å². The normalized spacial score (nSPS) is 12.6. The SMILES string of the molecule is CCCCCCCCCCCCCCCC(c1ccccc1)[N+](C)(C)CC.[Cl-]. The van der Waals surface area contributed by atoms with Crippen molar-refractivity contribution >= 4 is 0 Å². The second-order valence-corrected chi connectivity index (χ2v) is 9.05. The lowest BCUT2D eigenvalue weighted by Crippen LogP contribution is -3.00. The fourth-order valence-corrected chi connectivity index (χ4v) is 4.17. The van der Waals surface area contributed by atoms with Crippen LogP contribution in [-0.4, -0.2) is 25.1 Å². The average Bonchev–Trinajstić information content (AvgIpc) is 2.69. The molecule has 1 atom stereocenters. The van der Waals surface area contributed by atoms with Gasteiger partial charge in [-0.15, -0.1) is 0 Å². The summed E-state index contributed by atoms with van der Waals surface area (Å²) in [4.78, 5) is 0. The minimum atomic E-state index is 0. The van der Waals surface area contributed by atoms with Gasteiger partial charge in [0.15, 0.2) is 0 Å². The van der Waals surface area contributed by atoms with Gasteiger partial charge in [-0.05, 0) is 13.3 Å². The number of nitrogens with zero attached hydrogens (tertiary/aromatic N) is 1. The molecule has 0 radical (unpaired) electrons. The van der Waals surface area contributed by atoms with Crippen LogP contribution in [0.1, 0.15) is 115 Å². The zero-order valence-corrected chi connectivity index (χ0v) is 20.2. The van der Waals surface area contributed by atoms with Gasteiger partial charge in [0.1, 0.15) is 6.04 Å². The van der Waals surface area contributed by atoms with Gasteiger partial charge in [-0.1, -0.05) is 114 Å². The summed E-state index contributed by atoms with van der Waals surface area (Å²) in [7, 11) is 4.78. The molecule has 0 saturated carbocycles. The van der Waals surface area contributed by atoms with E-state index < -0.39 is 0 Å². The molecule has 0 N–H and O–H groups in total. The molecule has 2 heteroatoms. The summed E-state index contributed by atoms with van der Waals surface area (Å²) in [5, 5.41) is 0. The molecule has 0 aliphatic carbocycles. The van der Waals surface area contributed by atoms with Crippen molar-refractivity contribution in [2.24, 2.45) is 0 Å². The maximum atomic E-state index is 2.39. The van der Waals surface area contributed by atoms with Crippen LogP contribution < -0.4 is 12.4 Å². The highest BCUT2D eigenvalue weighted by atomic mass is 35.5. The molecule has 0 aromatic heterocycles. The smallest absolute Gasteiger partial charge is 0.114 e. The van der Waals surface area contributed by atoms with Crippen molar-refractivity contribution < 1.29 is 16.9 Å². The summed E-state index contributed by atoms with van der Waals surface area (Å²) >= 11 is 0. The quantitative estimate of drug-likeness (QED) is 0.241. The van der Waals surface area contributed by atoms with Crippen molar-refractivity contribution in [1.82, 2.24) is 0 Å². The fraction of sp³-hybridized carbons (Fsp3) is 0.769. The Morgan fingerprint density at radius 2 is 1.07 bits per heavy atom. The first-order valence-electron chi connectivity index (χ1n) is 12.0. The number of hydrogen-bond acceptors (Lipinski definition) is 0. The Kier molecular flexibility index (Phi) is 17.0. The van der Waals surface area contributed by atoms with Gasteiger partial charge in [0.2, 0.25) is 0 Å². The number of quaternary nitrogens is 1. The summed E-state index contributed by atoms with van der Waals surface area (Å²) in [5.74, 6) is 0. The topological polar surface area (TPSA) is 0 Å². The Balaban J connectivity index is 0.00000729. The van der Waals surface area contributed by atoms with Gasteiger partial charge < -0.3 is 16.9 Å². The average molecular weight is 410 g/mol.